The van der Waals surface area contributed by atoms with Crippen LogP contribution in [0.2, 0.25) is 0 Å². The largest absolute Gasteiger partial charge is 0.354 e. The molecule has 2 heterocycles. The smallest absolute Gasteiger partial charge is 0.241 e. The summed E-state index contributed by atoms with van der Waals surface area (Å²) < 4.78 is 14.9. The molecule has 1 aliphatic carbocycles. The van der Waals surface area contributed by atoms with Crippen molar-refractivity contribution in [3.05, 3.63) is 47.8 Å². The predicted octanol–water partition coefficient (Wildman–Crippen LogP) is 2.90. The maximum Gasteiger partial charge on any atom is 0.241 e. The third-order valence-corrected chi connectivity index (χ3v) is 6.25. The summed E-state index contributed by atoms with van der Waals surface area (Å²) in [7, 11) is 0. The van der Waals surface area contributed by atoms with Crippen molar-refractivity contribution in [3.8, 4) is 0 Å². The summed E-state index contributed by atoms with van der Waals surface area (Å²) in [4.78, 5) is 20.1. The van der Waals surface area contributed by atoms with Gasteiger partial charge in [0.2, 0.25) is 5.91 Å². The summed E-state index contributed by atoms with van der Waals surface area (Å²) in [6.07, 6.45) is 5.55. The van der Waals surface area contributed by atoms with Crippen LogP contribution in [0, 0.1) is 29.5 Å². The summed E-state index contributed by atoms with van der Waals surface area (Å²) in [5.74, 6) is 2.10. The number of H-pyrrole nitrogens is 1. The number of fused-ring (bicyclic) bond motifs is 1. The molecule has 0 radical (unpaired) electrons. The molecule has 1 aromatic carbocycles. The van der Waals surface area contributed by atoms with E-state index in [0.29, 0.717) is 24.3 Å². The number of nitrogens with one attached hydrogen (secondary N) is 2. The molecule has 0 fully saturated rings. The second-order valence-electron chi connectivity index (χ2n) is 8.78. The number of imidazole rings is 1. The Labute approximate surface area is 180 Å². The Morgan fingerprint density at radius 2 is 2.23 bits per heavy atom. The summed E-state index contributed by atoms with van der Waals surface area (Å²) in [6.45, 7) is 7.33. The molecule has 1 amide bonds. The van der Waals surface area contributed by atoms with E-state index in [1.807, 2.05) is 0 Å². The number of hydrogen-bond donors (Lipinski definition) is 2. The Bertz CT molecular complexity index is 1070. The molecule has 0 bridgehead atoms. The van der Waals surface area contributed by atoms with E-state index in [4.69, 9.17) is 0 Å². The molecule has 3 aromatic rings. The van der Waals surface area contributed by atoms with E-state index in [0.717, 1.165) is 29.7 Å². The molecule has 31 heavy (non-hydrogen) atoms. The van der Waals surface area contributed by atoms with Crippen LogP contribution in [-0.4, -0.2) is 42.6 Å². The van der Waals surface area contributed by atoms with E-state index < -0.39 is 0 Å². The zero-order valence-corrected chi connectivity index (χ0v) is 18.0. The Morgan fingerprint density at radius 1 is 1.39 bits per heavy atom. The molecule has 0 saturated carbocycles. The van der Waals surface area contributed by atoms with Crippen molar-refractivity contribution in [1.82, 2.24) is 35.5 Å². The van der Waals surface area contributed by atoms with Crippen molar-refractivity contribution in [2.24, 2.45) is 23.7 Å². The van der Waals surface area contributed by atoms with Crippen LogP contribution in [-0.2, 0) is 17.8 Å². The lowest BCUT2D eigenvalue weighted by atomic mass is 9.70. The minimum absolute atomic E-state index is 0.0995. The van der Waals surface area contributed by atoms with Crippen LogP contribution < -0.4 is 5.32 Å². The summed E-state index contributed by atoms with van der Waals surface area (Å²) in [6, 6.07) is 4.63. The topological polar surface area (TPSA) is 101 Å². The molecular formula is C22H28FN7O. The number of rotatable bonds is 7. The first-order valence-corrected chi connectivity index (χ1v) is 10.7. The molecule has 9 heteroatoms. The van der Waals surface area contributed by atoms with Gasteiger partial charge in [0, 0.05) is 13.0 Å². The van der Waals surface area contributed by atoms with Gasteiger partial charge in [-0.25, -0.2) is 14.1 Å². The highest BCUT2D eigenvalue weighted by Crippen LogP contribution is 2.38. The molecule has 0 saturated heterocycles. The average Bonchev–Trinajstić information content (AvgIpc) is 3.36. The highest BCUT2D eigenvalue weighted by molar-refractivity contribution is 5.75. The van der Waals surface area contributed by atoms with Gasteiger partial charge < -0.3 is 10.3 Å². The molecule has 164 valence electrons. The molecular weight excluding hydrogens is 397 g/mol. The van der Waals surface area contributed by atoms with Gasteiger partial charge in [0.1, 0.15) is 24.5 Å². The number of tetrazole rings is 1. The highest BCUT2D eigenvalue weighted by Gasteiger charge is 2.32. The molecule has 8 nitrogen and oxygen atoms in total. The van der Waals surface area contributed by atoms with Crippen molar-refractivity contribution in [1.29, 1.82) is 0 Å². The van der Waals surface area contributed by atoms with Crippen molar-refractivity contribution in [2.75, 3.05) is 6.54 Å². The van der Waals surface area contributed by atoms with Crippen molar-refractivity contribution >= 4 is 16.9 Å². The lowest BCUT2D eigenvalue weighted by Crippen LogP contribution is -2.38. The number of hydrogen-bond acceptors (Lipinski definition) is 5. The van der Waals surface area contributed by atoms with E-state index in [-0.39, 0.29) is 24.2 Å². The predicted molar refractivity (Wildman–Crippen MR) is 114 cm³/mol. The molecule has 4 rings (SSSR count). The maximum absolute atomic E-state index is 13.5. The Hall–Kier alpha value is -3.10. The minimum Gasteiger partial charge on any atom is -0.354 e. The quantitative estimate of drug-likeness (QED) is 0.567. The first kappa shape index (κ1) is 21.1. The fourth-order valence-corrected chi connectivity index (χ4v) is 4.56. The Morgan fingerprint density at radius 3 is 2.97 bits per heavy atom. The summed E-state index contributed by atoms with van der Waals surface area (Å²) in [5, 5.41) is 13.9. The molecule has 0 spiro atoms. The standard InChI is InChI=1S/C22H28FN7O/c1-13(2)18-7-15(8-21-26-19-5-4-17(23)9-20(19)27-21)14(3)6-16(18)10-24-22(31)11-30-12-25-28-29-30/h4-6,9,12-13,15-16,18H,7-8,10-11H2,1-3H3,(H,24,31)(H,26,27). The van der Waals surface area contributed by atoms with Gasteiger partial charge in [-0.1, -0.05) is 25.5 Å². The Balaban J connectivity index is 1.43. The third-order valence-electron chi connectivity index (χ3n) is 6.25. The van der Waals surface area contributed by atoms with Gasteiger partial charge in [0.25, 0.3) is 0 Å². The van der Waals surface area contributed by atoms with Crippen LogP contribution in [0.15, 0.2) is 36.2 Å². The van der Waals surface area contributed by atoms with Crippen LogP contribution >= 0.6 is 0 Å². The monoisotopic (exact) mass is 425 g/mol. The number of allylic oxidation sites excluding steroid dienone is 1. The van der Waals surface area contributed by atoms with Gasteiger partial charge in [-0.05, 0) is 65.6 Å². The van der Waals surface area contributed by atoms with E-state index in [2.05, 4.69) is 57.7 Å². The maximum atomic E-state index is 13.5. The van der Waals surface area contributed by atoms with Crippen LogP contribution in [0.4, 0.5) is 4.39 Å². The van der Waals surface area contributed by atoms with E-state index in [1.165, 1.54) is 28.7 Å². The van der Waals surface area contributed by atoms with Gasteiger partial charge in [-0.2, -0.15) is 0 Å². The highest BCUT2D eigenvalue weighted by atomic mass is 19.1. The number of benzene rings is 1. The van der Waals surface area contributed by atoms with Gasteiger partial charge in [-0.3, -0.25) is 4.79 Å². The van der Waals surface area contributed by atoms with Crippen molar-refractivity contribution in [2.45, 2.75) is 40.2 Å². The van der Waals surface area contributed by atoms with Gasteiger partial charge in [0.05, 0.1) is 11.0 Å². The average molecular weight is 426 g/mol. The second kappa shape index (κ2) is 8.95. The first-order chi connectivity index (χ1) is 14.9. The molecule has 1 aliphatic rings. The van der Waals surface area contributed by atoms with Gasteiger partial charge in [-0.15, -0.1) is 5.10 Å². The van der Waals surface area contributed by atoms with Crippen LogP contribution in [0.1, 0.15) is 33.0 Å². The van der Waals surface area contributed by atoms with Crippen molar-refractivity contribution in [3.63, 3.8) is 0 Å². The van der Waals surface area contributed by atoms with E-state index in [9.17, 15) is 9.18 Å². The minimum atomic E-state index is -0.263. The normalized spacial score (nSPS) is 21.5. The lowest BCUT2D eigenvalue weighted by molar-refractivity contribution is -0.122. The van der Waals surface area contributed by atoms with E-state index in [1.54, 1.807) is 6.07 Å². The van der Waals surface area contributed by atoms with Crippen molar-refractivity contribution < 1.29 is 9.18 Å². The number of carbonyl (C=O) groups is 1. The molecule has 3 unspecified atom stereocenters. The summed E-state index contributed by atoms with van der Waals surface area (Å²) >= 11 is 0. The third kappa shape index (κ3) is 4.98. The molecule has 3 atom stereocenters. The SMILES string of the molecule is CC1=CC(CNC(=O)Cn2cnnn2)C(C(C)C)CC1Cc1nc2ccc(F)cc2[nH]1. The van der Waals surface area contributed by atoms with Crippen LogP contribution in [0.5, 0.6) is 0 Å². The number of halogens is 1. The molecule has 0 aliphatic heterocycles. The number of carbonyl (C=O) groups excluding carboxylic acids is 1. The van der Waals surface area contributed by atoms with Crippen LogP contribution in [0.25, 0.3) is 11.0 Å². The number of nitrogens with zero attached hydrogens (tertiary/aromatic N) is 5. The fraction of sp³-hybridized carbons (Fsp3) is 0.500. The number of amides is 1. The van der Waals surface area contributed by atoms with Gasteiger partial charge >= 0.3 is 0 Å². The lowest BCUT2D eigenvalue weighted by Gasteiger charge is -2.37. The number of aromatic amines is 1. The number of aromatic nitrogens is 6. The molecule has 2 aromatic heterocycles. The Kier molecular flexibility index (Phi) is 6.11. The van der Waals surface area contributed by atoms with Gasteiger partial charge in [0.15, 0.2) is 0 Å². The zero-order chi connectivity index (χ0) is 22.0. The molecule has 2 N–H and O–H groups in total. The second-order valence-corrected chi connectivity index (χ2v) is 8.78. The zero-order valence-electron chi connectivity index (χ0n) is 18.0. The fourth-order valence-electron chi connectivity index (χ4n) is 4.56. The van der Waals surface area contributed by atoms with Crippen LogP contribution in [0.3, 0.4) is 0 Å². The van der Waals surface area contributed by atoms with E-state index >= 15 is 0 Å². The first-order valence-electron chi connectivity index (χ1n) is 10.7. The summed E-state index contributed by atoms with van der Waals surface area (Å²) in [5.41, 5.74) is 2.83.